The van der Waals surface area contributed by atoms with Gasteiger partial charge in [-0.2, -0.15) is 0 Å². The van der Waals surface area contributed by atoms with Gasteiger partial charge >= 0.3 is 6.01 Å². The van der Waals surface area contributed by atoms with E-state index in [2.05, 4.69) is 20.8 Å². The van der Waals surface area contributed by atoms with Gasteiger partial charge in [0.15, 0.2) is 0 Å². The summed E-state index contributed by atoms with van der Waals surface area (Å²) in [6, 6.07) is 0.148. The molecule has 0 aromatic carbocycles. The van der Waals surface area contributed by atoms with E-state index in [0.29, 0.717) is 5.89 Å². The zero-order valence-electron chi connectivity index (χ0n) is 9.80. The van der Waals surface area contributed by atoms with Gasteiger partial charge in [-0.15, -0.1) is 5.10 Å². The Balaban J connectivity index is 2.46. The number of aromatic nitrogens is 2. The average molecular weight is 263 g/mol. The van der Waals surface area contributed by atoms with Gasteiger partial charge < -0.3 is 15.1 Å². The van der Waals surface area contributed by atoms with Crippen molar-refractivity contribution in [3.05, 3.63) is 5.89 Å². The molecule has 0 saturated heterocycles. The normalized spacial score (nSPS) is 13.6. The van der Waals surface area contributed by atoms with Gasteiger partial charge in [0.25, 0.3) is 0 Å². The fourth-order valence-corrected chi connectivity index (χ4v) is 1.56. The second-order valence-corrected chi connectivity index (χ2v) is 5.25. The van der Waals surface area contributed by atoms with Crippen LogP contribution in [-0.2, 0) is 10.0 Å². The number of anilines is 1. The number of primary sulfonamides is 1. The van der Waals surface area contributed by atoms with Gasteiger partial charge in [0.1, 0.15) is 0 Å². The van der Waals surface area contributed by atoms with Crippen molar-refractivity contribution in [1.82, 2.24) is 15.5 Å². The Hall–Kier alpha value is -1.19. The van der Waals surface area contributed by atoms with Crippen molar-refractivity contribution < 1.29 is 12.8 Å². The first-order chi connectivity index (χ1) is 7.92. The Morgan fingerprint density at radius 3 is 2.76 bits per heavy atom. The predicted molar refractivity (Wildman–Crippen MR) is 62.9 cm³/mol. The number of nitrogens with zero attached hydrogens (tertiary/aromatic N) is 2. The van der Waals surface area contributed by atoms with Crippen molar-refractivity contribution in [2.45, 2.75) is 19.9 Å². The Bertz CT molecular complexity index is 444. The summed E-state index contributed by atoms with van der Waals surface area (Å²) in [7, 11) is -3.48. The Morgan fingerprint density at radius 1 is 1.47 bits per heavy atom. The summed E-state index contributed by atoms with van der Waals surface area (Å²) in [6.07, 6.45) is 0. The maximum absolute atomic E-state index is 10.7. The summed E-state index contributed by atoms with van der Waals surface area (Å²) in [5.74, 6) is 0.262. The van der Waals surface area contributed by atoms with Gasteiger partial charge in [-0.25, -0.2) is 13.6 Å². The molecule has 1 rings (SSSR count). The highest BCUT2D eigenvalue weighted by molar-refractivity contribution is 7.89. The molecule has 0 fully saturated rings. The van der Waals surface area contributed by atoms with Gasteiger partial charge in [-0.05, 0) is 13.5 Å². The molecule has 1 atom stereocenters. The van der Waals surface area contributed by atoms with E-state index >= 15 is 0 Å². The van der Waals surface area contributed by atoms with Gasteiger partial charge in [-0.1, -0.05) is 12.0 Å². The molecule has 0 saturated carbocycles. The van der Waals surface area contributed by atoms with Crippen LogP contribution >= 0.6 is 0 Å². The Kier molecular flexibility index (Phi) is 4.85. The van der Waals surface area contributed by atoms with Crippen LogP contribution in [0.4, 0.5) is 6.01 Å². The quantitative estimate of drug-likeness (QED) is 0.602. The van der Waals surface area contributed by atoms with E-state index in [0.717, 1.165) is 6.54 Å². The van der Waals surface area contributed by atoms with E-state index in [9.17, 15) is 8.42 Å². The number of sulfonamides is 1. The Labute approximate surface area is 100 Å². The number of nitrogens with one attached hydrogen (secondary N) is 2. The molecule has 1 aromatic heterocycles. The third kappa shape index (κ3) is 5.11. The molecule has 1 unspecified atom stereocenters. The van der Waals surface area contributed by atoms with Crippen molar-refractivity contribution in [2.75, 3.05) is 24.2 Å². The molecule has 17 heavy (non-hydrogen) atoms. The fourth-order valence-electron chi connectivity index (χ4n) is 1.17. The summed E-state index contributed by atoms with van der Waals surface area (Å²) < 4.78 is 26.6. The van der Waals surface area contributed by atoms with Crippen molar-refractivity contribution in [2.24, 2.45) is 5.14 Å². The number of hydrogen-bond donors (Lipinski definition) is 3. The largest absolute Gasteiger partial charge is 0.406 e. The molecule has 0 spiro atoms. The topological polar surface area (TPSA) is 123 Å². The monoisotopic (exact) mass is 263 g/mol. The third-order valence-electron chi connectivity index (χ3n) is 1.98. The Morgan fingerprint density at radius 2 is 2.18 bits per heavy atom. The minimum Gasteiger partial charge on any atom is -0.406 e. The highest BCUT2D eigenvalue weighted by Crippen LogP contribution is 2.12. The van der Waals surface area contributed by atoms with Gasteiger partial charge in [-0.3, -0.25) is 0 Å². The van der Waals surface area contributed by atoms with Gasteiger partial charge in [0.2, 0.25) is 15.9 Å². The molecular formula is C8H17N5O3S. The van der Waals surface area contributed by atoms with Crippen LogP contribution in [0.3, 0.4) is 0 Å². The lowest BCUT2D eigenvalue weighted by atomic mass is 10.3. The van der Waals surface area contributed by atoms with Crippen LogP contribution in [0.25, 0.3) is 0 Å². The maximum Gasteiger partial charge on any atom is 0.315 e. The maximum atomic E-state index is 10.7. The molecule has 0 bridgehead atoms. The van der Waals surface area contributed by atoms with Gasteiger partial charge in [0.05, 0.1) is 11.8 Å². The lowest BCUT2D eigenvalue weighted by molar-refractivity contribution is 0.429. The molecular weight excluding hydrogens is 246 g/mol. The second-order valence-electron chi connectivity index (χ2n) is 3.52. The van der Waals surface area contributed by atoms with Crippen LogP contribution in [0.2, 0.25) is 0 Å². The summed E-state index contributed by atoms with van der Waals surface area (Å²) in [5, 5.41) is 18.2. The number of nitrogens with two attached hydrogens (primary N) is 1. The smallest absolute Gasteiger partial charge is 0.315 e. The third-order valence-corrected chi connectivity index (χ3v) is 2.76. The minimum absolute atomic E-state index is 0.0405. The molecule has 8 nitrogen and oxygen atoms in total. The molecule has 0 radical (unpaired) electrons. The van der Waals surface area contributed by atoms with Crippen LogP contribution in [-0.4, -0.2) is 37.5 Å². The van der Waals surface area contributed by atoms with Crippen molar-refractivity contribution in [3.8, 4) is 0 Å². The fraction of sp³-hybridized carbons (Fsp3) is 0.750. The first-order valence-electron chi connectivity index (χ1n) is 5.23. The van der Waals surface area contributed by atoms with E-state index in [1.54, 1.807) is 0 Å². The molecule has 0 aliphatic carbocycles. The van der Waals surface area contributed by atoms with Crippen LogP contribution < -0.4 is 15.8 Å². The second kappa shape index (κ2) is 5.94. The SMILES string of the molecule is CCNC(C)c1nnc(NCCS(N)(=O)=O)o1. The van der Waals surface area contributed by atoms with Crippen molar-refractivity contribution >= 4 is 16.0 Å². The lowest BCUT2D eigenvalue weighted by Crippen LogP contribution is -2.22. The standard InChI is InChI=1S/C8H17N5O3S/c1-3-10-6(2)7-12-13-8(16-7)11-4-5-17(9,14)15/h6,10H,3-5H2,1-2H3,(H,11,13)(H2,9,14,15). The highest BCUT2D eigenvalue weighted by Gasteiger charge is 2.12. The summed E-state index contributed by atoms with van der Waals surface area (Å²) in [6.45, 7) is 4.79. The van der Waals surface area contributed by atoms with E-state index in [4.69, 9.17) is 9.56 Å². The minimum atomic E-state index is -3.48. The van der Waals surface area contributed by atoms with E-state index < -0.39 is 10.0 Å². The van der Waals surface area contributed by atoms with Crippen LogP contribution in [0.15, 0.2) is 4.42 Å². The predicted octanol–water partition coefficient (Wildman–Crippen LogP) is -0.559. The van der Waals surface area contributed by atoms with Crippen molar-refractivity contribution in [3.63, 3.8) is 0 Å². The van der Waals surface area contributed by atoms with Crippen molar-refractivity contribution in [1.29, 1.82) is 0 Å². The van der Waals surface area contributed by atoms with Crippen LogP contribution in [0.1, 0.15) is 25.8 Å². The molecule has 0 aliphatic rings. The summed E-state index contributed by atoms with van der Waals surface area (Å²) >= 11 is 0. The molecule has 9 heteroatoms. The van der Waals surface area contributed by atoms with E-state index in [1.807, 2.05) is 13.8 Å². The molecule has 0 amide bonds. The molecule has 0 aliphatic heterocycles. The van der Waals surface area contributed by atoms with Crippen LogP contribution in [0.5, 0.6) is 0 Å². The highest BCUT2D eigenvalue weighted by atomic mass is 32.2. The number of rotatable bonds is 7. The zero-order valence-corrected chi connectivity index (χ0v) is 10.6. The van der Waals surface area contributed by atoms with E-state index in [1.165, 1.54) is 0 Å². The summed E-state index contributed by atoms with van der Waals surface area (Å²) in [5.41, 5.74) is 0. The molecule has 1 heterocycles. The summed E-state index contributed by atoms with van der Waals surface area (Å²) in [4.78, 5) is 0. The molecule has 4 N–H and O–H groups in total. The lowest BCUT2D eigenvalue weighted by Gasteiger charge is -2.05. The average Bonchev–Trinajstić information content (AvgIpc) is 2.65. The van der Waals surface area contributed by atoms with Crippen LogP contribution in [0, 0.1) is 0 Å². The molecule has 1 aromatic rings. The zero-order chi connectivity index (χ0) is 12.9. The molecule has 98 valence electrons. The first-order valence-corrected chi connectivity index (χ1v) is 6.95. The first kappa shape index (κ1) is 13.9. The van der Waals surface area contributed by atoms with Gasteiger partial charge in [0, 0.05) is 6.54 Å². The number of hydrogen-bond acceptors (Lipinski definition) is 7. The van der Waals surface area contributed by atoms with E-state index in [-0.39, 0.29) is 24.4 Å².